The molecule has 44 valence electrons. The standard InChI is InChI=1S/C7H11P/c1-4-5-6(2)7(3)8/h4-5H,1,3,8H2,2H3/b6-5-. The smallest absolute Gasteiger partial charge is 0.0345 e. The van der Waals surface area contributed by atoms with Crippen LogP contribution in [0.5, 0.6) is 0 Å². The van der Waals surface area contributed by atoms with Crippen LogP contribution in [0, 0.1) is 0 Å². The summed E-state index contributed by atoms with van der Waals surface area (Å²) < 4.78 is 0. The van der Waals surface area contributed by atoms with Gasteiger partial charge >= 0.3 is 0 Å². The van der Waals surface area contributed by atoms with E-state index in [1.807, 2.05) is 13.0 Å². The first-order chi connectivity index (χ1) is 3.68. The maximum Gasteiger partial charge on any atom is -0.0345 e. The first-order valence-corrected chi connectivity index (χ1v) is 3.00. The SMILES string of the molecule is C=C/C=C(/C)C(=C)P. The Bertz CT molecular complexity index is 131. The van der Waals surface area contributed by atoms with Crippen LogP contribution in [0.25, 0.3) is 0 Å². The molecular formula is C7H11P. The lowest BCUT2D eigenvalue weighted by Gasteiger charge is -1.92. The second kappa shape index (κ2) is 3.63. The Labute approximate surface area is 53.2 Å². The van der Waals surface area contributed by atoms with E-state index in [0.717, 1.165) is 10.9 Å². The first-order valence-electron chi connectivity index (χ1n) is 2.42. The number of rotatable bonds is 2. The minimum Gasteiger partial charge on any atom is -0.106 e. The van der Waals surface area contributed by atoms with Gasteiger partial charge in [0.1, 0.15) is 0 Å². The molecule has 0 aliphatic rings. The minimum atomic E-state index is 1.02. The van der Waals surface area contributed by atoms with Crippen molar-refractivity contribution in [3.05, 3.63) is 36.2 Å². The maximum atomic E-state index is 3.72. The van der Waals surface area contributed by atoms with E-state index in [4.69, 9.17) is 0 Å². The monoisotopic (exact) mass is 126 g/mol. The number of allylic oxidation sites excluding steroid dienone is 4. The maximum absolute atomic E-state index is 3.72. The molecule has 0 aliphatic heterocycles. The van der Waals surface area contributed by atoms with Gasteiger partial charge < -0.3 is 0 Å². The van der Waals surface area contributed by atoms with Crippen molar-refractivity contribution in [1.82, 2.24) is 0 Å². The van der Waals surface area contributed by atoms with Crippen molar-refractivity contribution in [2.24, 2.45) is 0 Å². The summed E-state index contributed by atoms with van der Waals surface area (Å²) in [6.45, 7) is 9.27. The molecule has 1 heteroatoms. The summed E-state index contributed by atoms with van der Waals surface area (Å²) in [7, 11) is 2.54. The van der Waals surface area contributed by atoms with Crippen molar-refractivity contribution < 1.29 is 0 Å². The van der Waals surface area contributed by atoms with Crippen molar-refractivity contribution in [3.8, 4) is 0 Å². The van der Waals surface area contributed by atoms with E-state index in [2.05, 4.69) is 22.4 Å². The highest BCUT2D eigenvalue weighted by Crippen LogP contribution is 2.12. The molecule has 0 bridgehead atoms. The van der Waals surface area contributed by atoms with Crippen LogP contribution in [0.4, 0.5) is 0 Å². The lowest BCUT2D eigenvalue weighted by atomic mass is 10.3. The van der Waals surface area contributed by atoms with Crippen molar-refractivity contribution >= 4 is 9.24 Å². The molecule has 0 rings (SSSR count). The summed E-state index contributed by atoms with van der Waals surface area (Å²) in [6.07, 6.45) is 3.68. The summed E-state index contributed by atoms with van der Waals surface area (Å²) in [6, 6.07) is 0. The normalized spacial score (nSPS) is 11.0. The largest absolute Gasteiger partial charge is 0.106 e. The molecule has 1 unspecified atom stereocenters. The third-order valence-electron chi connectivity index (χ3n) is 0.874. The predicted octanol–water partition coefficient (Wildman–Crippen LogP) is 2.51. The Morgan fingerprint density at radius 2 is 2.12 bits per heavy atom. The van der Waals surface area contributed by atoms with Crippen LogP contribution >= 0.6 is 9.24 Å². The van der Waals surface area contributed by atoms with Gasteiger partial charge in [0.2, 0.25) is 0 Å². The van der Waals surface area contributed by atoms with E-state index in [1.54, 1.807) is 6.08 Å². The molecule has 0 N–H and O–H groups in total. The molecule has 0 saturated carbocycles. The zero-order valence-corrected chi connectivity index (χ0v) is 6.30. The van der Waals surface area contributed by atoms with Crippen LogP contribution in [0.3, 0.4) is 0 Å². The third-order valence-corrected chi connectivity index (χ3v) is 1.33. The molecular weight excluding hydrogens is 115 g/mol. The van der Waals surface area contributed by atoms with Gasteiger partial charge in [0.05, 0.1) is 0 Å². The van der Waals surface area contributed by atoms with Gasteiger partial charge in [-0.3, -0.25) is 0 Å². The lowest BCUT2D eigenvalue weighted by Crippen LogP contribution is -1.67. The average molecular weight is 126 g/mol. The van der Waals surface area contributed by atoms with Crippen molar-refractivity contribution in [2.45, 2.75) is 6.92 Å². The second-order valence-electron chi connectivity index (χ2n) is 1.61. The fraction of sp³-hybridized carbons (Fsp3) is 0.143. The molecule has 0 aliphatic carbocycles. The quantitative estimate of drug-likeness (QED) is 0.394. The first kappa shape index (κ1) is 7.65. The van der Waals surface area contributed by atoms with Crippen LogP contribution in [-0.4, -0.2) is 0 Å². The predicted molar refractivity (Wildman–Crippen MR) is 42.8 cm³/mol. The molecule has 0 saturated heterocycles. The Morgan fingerprint density at radius 3 is 2.25 bits per heavy atom. The average Bonchev–Trinajstić information content (AvgIpc) is 1.67. The third kappa shape index (κ3) is 2.76. The van der Waals surface area contributed by atoms with E-state index < -0.39 is 0 Å². The summed E-state index contributed by atoms with van der Waals surface area (Å²) >= 11 is 0. The molecule has 0 aromatic carbocycles. The van der Waals surface area contributed by atoms with Crippen molar-refractivity contribution in [3.63, 3.8) is 0 Å². The van der Waals surface area contributed by atoms with Crippen LogP contribution in [0.2, 0.25) is 0 Å². The Morgan fingerprint density at radius 1 is 1.62 bits per heavy atom. The molecule has 0 aromatic rings. The molecule has 0 fully saturated rings. The summed E-state index contributed by atoms with van der Waals surface area (Å²) in [4.78, 5) is 0. The zero-order chi connectivity index (χ0) is 6.57. The molecule has 0 amide bonds. The highest BCUT2D eigenvalue weighted by molar-refractivity contribution is 7.23. The van der Waals surface area contributed by atoms with E-state index in [0.29, 0.717) is 0 Å². The summed E-state index contributed by atoms with van der Waals surface area (Å²) in [5.74, 6) is 0. The molecule has 8 heavy (non-hydrogen) atoms. The van der Waals surface area contributed by atoms with Gasteiger partial charge in [-0.15, -0.1) is 9.24 Å². The van der Waals surface area contributed by atoms with Gasteiger partial charge in [0, 0.05) is 0 Å². The Balaban J connectivity index is 3.99. The molecule has 0 nitrogen and oxygen atoms in total. The topological polar surface area (TPSA) is 0 Å². The minimum absolute atomic E-state index is 1.02. The van der Waals surface area contributed by atoms with Crippen LogP contribution < -0.4 is 0 Å². The molecule has 0 radical (unpaired) electrons. The van der Waals surface area contributed by atoms with E-state index in [1.165, 1.54) is 0 Å². The zero-order valence-electron chi connectivity index (χ0n) is 5.15. The fourth-order valence-electron chi connectivity index (χ4n) is 0.284. The molecule has 0 spiro atoms. The van der Waals surface area contributed by atoms with E-state index in [-0.39, 0.29) is 0 Å². The van der Waals surface area contributed by atoms with Gasteiger partial charge in [-0.05, 0) is 17.8 Å². The lowest BCUT2D eigenvalue weighted by molar-refractivity contribution is 1.51. The number of hydrogen-bond donors (Lipinski definition) is 0. The van der Waals surface area contributed by atoms with E-state index in [9.17, 15) is 0 Å². The Hall–Kier alpha value is -0.350. The summed E-state index contributed by atoms with van der Waals surface area (Å²) in [5, 5.41) is 1.02. The van der Waals surface area contributed by atoms with Gasteiger partial charge in [-0.2, -0.15) is 0 Å². The number of hydrogen-bond acceptors (Lipinski definition) is 0. The van der Waals surface area contributed by atoms with Crippen molar-refractivity contribution in [1.29, 1.82) is 0 Å². The fourth-order valence-corrected chi connectivity index (χ4v) is 0.380. The van der Waals surface area contributed by atoms with Crippen molar-refractivity contribution in [2.75, 3.05) is 0 Å². The molecule has 1 atom stereocenters. The summed E-state index contributed by atoms with van der Waals surface area (Å²) in [5.41, 5.74) is 1.16. The highest BCUT2D eigenvalue weighted by atomic mass is 31.0. The molecule has 0 aromatic heterocycles. The molecule has 0 heterocycles. The van der Waals surface area contributed by atoms with Crippen LogP contribution in [-0.2, 0) is 0 Å². The van der Waals surface area contributed by atoms with Gasteiger partial charge in [0.25, 0.3) is 0 Å². The van der Waals surface area contributed by atoms with E-state index >= 15 is 0 Å². The van der Waals surface area contributed by atoms with Gasteiger partial charge in [-0.1, -0.05) is 25.3 Å². The van der Waals surface area contributed by atoms with Crippen LogP contribution in [0.1, 0.15) is 6.92 Å². The highest BCUT2D eigenvalue weighted by Gasteiger charge is 1.82. The van der Waals surface area contributed by atoms with Crippen LogP contribution in [0.15, 0.2) is 36.2 Å². The van der Waals surface area contributed by atoms with Gasteiger partial charge in [0.15, 0.2) is 0 Å². The van der Waals surface area contributed by atoms with Gasteiger partial charge in [-0.25, -0.2) is 0 Å². The Kier molecular flexibility index (Phi) is 3.47. The second-order valence-corrected chi connectivity index (χ2v) is 2.31.